The molecule has 4 heteroatoms. The Hall–Kier alpha value is -1.19. The van der Waals surface area contributed by atoms with Crippen molar-refractivity contribution in [1.29, 1.82) is 0 Å². The highest BCUT2D eigenvalue weighted by atomic mass is 19.3. The van der Waals surface area contributed by atoms with Gasteiger partial charge >= 0.3 is 5.92 Å². The quantitative estimate of drug-likeness (QED) is 0.757. The number of halogens is 2. The Morgan fingerprint density at radius 3 is 1.83 bits per heavy atom. The van der Waals surface area contributed by atoms with Crippen molar-refractivity contribution in [2.45, 2.75) is 47.5 Å². The fourth-order valence-corrected chi connectivity index (χ4v) is 1.48. The lowest BCUT2D eigenvalue weighted by atomic mass is 10.3. The minimum atomic E-state index is -2.90. The summed E-state index contributed by atoms with van der Waals surface area (Å²) >= 11 is 0. The summed E-state index contributed by atoms with van der Waals surface area (Å²) in [5.74, 6) is -2.26. The van der Waals surface area contributed by atoms with E-state index in [2.05, 4.69) is 25.8 Å². The molecule has 2 nitrogen and oxygen atoms in total. The third-order valence-corrected chi connectivity index (χ3v) is 2.11. The van der Waals surface area contributed by atoms with E-state index in [0.717, 1.165) is 18.2 Å². The molecule has 0 atom stereocenters. The minimum Gasteiger partial charge on any atom is -0.326 e. The summed E-state index contributed by atoms with van der Waals surface area (Å²) < 4.78 is 27.6. The highest BCUT2D eigenvalue weighted by molar-refractivity contribution is 5.24. The summed E-state index contributed by atoms with van der Waals surface area (Å²) in [6.07, 6.45) is 3.50. The van der Waals surface area contributed by atoms with E-state index in [1.807, 2.05) is 6.92 Å². The first kappa shape index (κ1) is 16.8. The van der Waals surface area contributed by atoms with Crippen molar-refractivity contribution < 1.29 is 8.78 Å². The fourth-order valence-electron chi connectivity index (χ4n) is 1.48. The minimum absolute atomic E-state index is 0.196. The second-order valence-electron chi connectivity index (χ2n) is 4.96. The van der Waals surface area contributed by atoms with E-state index < -0.39 is 5.92 Å². The van der Waals surface area contributed by atoms with E-state index in [4.69, 9.17) is 0 Å². The summed E-state index contributed by atoms with van der Waals surface area (Å²) in [5.41, 5.74) is 0. The molecule has 104 valence electrons. The molecule has 0 amide bonds. The highest BCUT2D eigenvalue weighted by Crippen LogP contribution is 2.22. The zero-order valence-corrected chi connectivity index (χ0v) is 12.4. The molecule has 0 fully saturated rings. The van der Waals surface area contributed by atoms with Crippen LogP contribution in [0.4, 0.5) is 8.78 Å². The Balaban J connectivity index is 0.000000631. The standard InChI is InChI=1S/C10H14F2N2.C4H10/c1-5-7-8(6-2)14(4)9(13-7)10(3,11)12;1-4(2)3/h5-6H,1-4H3;4H,1-3H3/b7-5+,8-6+;. The smallest absolute Gasteiger partial charge is 0.302 e. The van der Waals surface area contributed by atoms with Crippen molar-refractivity contribution in [2.24, 2.45) is 13.0 Å². The van der Waals surface area contributed by atoms with Gasteiger partial charge in [0.05, 0.1) is 10.7 Å². The molecule has 0 spiro atoms. The predicted molar refractivity (Wildman–Crippen MR) is 72.8 cm³/mol. The van der Waals surface area contributed by atoms with Gasteiger partial charge in [-0.1, -0.05) is 32.9 Å². The molecule has 1 aromatic heterocycles. The summed E-state index contributed by atoms with van der Waals surface area (Å²) in [4.78, 5) is 3.90. The Labute approximate surface area is 108 Å². The van der Waals surface area contributed by atoms with Gasteiger partial charge in [-0.2, -0.15) is 8.78 Å². The third-order valence-electron chi connectivity index (χ3n) is 2.11. The first-order valence-electron chi connectivity index (χ1n) is 6.18. The topological polar surface area (TPSA) is 17.8 Å². The maximum absolute atomic E-state index is 13.1. The van der Waals surface area contributed by atoms with Crippen molar-refractivity contribution in [3.63, 3.8) is 0 Å². The number of hydrogen-bond acceptors (Lipinski definition) is 1. The van der Waals surface area contributed by atoms with Gasteiger partial charge in [0, 0.05) is 14.0 Å². The average Bonchev–Trinajstić information content (AvgIpc) is 2.53. The molecule has 0 aliphatic carbocycles. The van der Waals surface area contributed by atoms with Crippen LogP contribution in [-0.2, 0) is 13.0 Å². The second-order valence-corrected chi connectivity index (χ2v) is 4.96. The van der Waals surface area contributed by atoms with E-state index in [9.17, 15) is 8.78 Å². The number of imidazole rings is 1. The van der Waals surface area contributed by atoms with Gasteiger partial charge in [-0.05, 0) is 19.8 Å². The van der Waals surface area contributed by atoms with Gasteiger partial charge in [-0.3, -0.25) is 0 Å². The molecular formula is C14H24F2N2. The van der Waals surface area contributed by atoms with Crippen molar-refractivity contribution in [3.8, 4) is 0 Å². The maximum atomic E-state index is 13.1. The van der Waals surface area contributed by atoms with Gasteiger partial charge in [0.1, 0.15) is 0 Å². The lowest BCUT2D eigenvalue weighted by Crippen LogP contribution is -2.28. The molecule has 0 aliphatic rings. The molecular weight excluding hydrogens is 234 g/mol. The van der Waals surface area contributed by atoms with Gasteiger partial charge in [0.15, 0.2) is 5.82 Å². The first-order chi connectivity index (χ1) is 8.15. The lowest BCUT2D eigenvalue weighted by molar-refractivity contribution is 0.00477. The van der Waals surface area contributed by atoms with Gasteiger partial charge in [-0.25, -0.2) is 4.98 Å². The molecule has 0 aliphatic heterocycles. The Morgan fingerprint density at radius 1 is 1.17 bits per heavy atom. The van der Waals surface area contributed by atoms with Crippen LogP contribution >= 0.6 is 0 Å². The highest BCUT2D eigenvalue weighted by Gasteiger charge is 2.29. The van der Waals surface area contributed by atoms with Gasteiger partial charge in [0.25, 0.3) is 0 Å². The van der Waals surface area contributed by atoms with Crippen molar-refractivity contribution in [1.82, 2.24) is 9.55 Å². The maximum Gasteiger partial charge on any atom is 0.302 e. The second kappa shape index (κ2) is 6.66. The summed E-state index contributed by atoms with van der Waals surface area (Å²) in [6.45, 7) is 10.9. The number of nitrogens with zero attached hydrogens (tertiary/aromatic N) is 2. The van der Waals surface area contributed by atoms with Crippen LogP contribution in [0.15, 0.2) is 0 Å². The van der Waals surface area contributed by atoms with Gasteiger partial charge < -0.3 is 4.57 Å². The first-order valence-corrected chi connectivity index (χ1v) is 6.18. The molecule has 0 bridgehead atoms. The Bertz CT molecular complexity index is 476. The molecule has 1 heterocycles. The summed E-state index contributed by atoms with van der Waals surface area (Å²) in [7, 11) is 1.60. The molecule has 0 saturated heterocycles. The molecule has 1 rings (SSSR count). The number of alkyl halides is 2. The predicted octanol–water partition coefficient (Wildman–Crippen LogP) is 2.79. The van der Waals surface area contributed by atoms with Crippen LogP contribution in [-0.4, -0.2) is 9.55 Å². The van der Waals surface area contributed by atoms with E-state index >= 15 is 0 Å². The van der Waals surface area contributed by atoms with E-state index in [-0.39, 0.29) is 5.82 Å². The Morgan fingerprint density at radius 2 is 1.61 bits per heavy atom. The molecule has 18 heavy (non-hydrogen) atoms. The third kappa shape index (κ3) is 4.59. The van der Waals surface area contributed by atoms with Crippen LogP contribution in [0, 0.1) is 5.92 Å². The molecule has 0 unspecified atom stereocenters. The molecule has 0 radical (unpaired) electrons. The van der Waals surface area contributed by atoms with Crippen molar-refractivity contribution in [3.05, 3.63) is 16.5 Å². The van der Waals surface area contributed by atoms with Gasteiger partial charge in [0.2, 0.25) is 0 Å². The molecule has 0 N–H and O–H groups in total. The lowest BCUT2D eigenvalue weighted by Gasteiger charge is -2.08. The van der Waals surface area contributed by atoms with Gasteiger partial charge in [-0.15, -0.1) is 0 Å². The monoisotopic (exact) mass is 258 g/mol. The zero-order chi connectivity index (χ0) is 14.5. The molecule has 0 aromatic carbocycles. The number of rotatable bonds is 1. The average molecular weight is 258 g/mol. The largest absolute Gasteiger partial charge is 0.326 e. The molecule has 0 saturated carbocycles. The number of aromatic nitrogens is 2. The van der Waals surface area contributed by atoms with Crippen molar-refractivity contribution in [2.75, 3.05) is 0 Å². The van der Waals surface area contributed by atoms with Crippen LogP contribution in [0.25, 0.3) is 12.2 Å². The summed E-state index contributed by atoms with van der Waals surface area (Å²) in [5, 5.41) is 1.33. The number of hydrogen-bond donors (Lipinski definition) is 0. The van der Waals surface area contributed by atoms with Crippen LogP contribution in [0.1, 0.15) is 47.4 Å². The van der Waals surface area contributed by atoms with Crippen molar-refractivity contribution >= 4 is 12.2 Å². The SMILES string of the molecule is C/C=c1/nc(C(C)(F)F)n(C)/c1=C/C.CC(C)C. The van der Waals surface area contributed by atoms with E-state index in [1.165, 1.54) is 4.57 Å². The van der Waals surface area contributed by atoms with Crippen LogP contribution in [0.2, 0.25) is 0 Å². The zero-order valence-electron chi connectivity index (χ0n) is 12.4. The van der Waals surface area contributed by atoms with Crippen LogP contribution in [0.3, 0.4) is 0 Å². The van der Waals surface area contributed by atoms with Crippen LogP contribution < -0.4 is 10.7 Å². The summed E-state index contributed by atoms with van der Waals surface area (Å²) in [6, 6.07) is 0. The Kier molecular flexibility index (Phi) is 6.22. The van der Waals surface area contributed by atoms with Crippen LogP contribution in [0.5, 0.6) is 0 Å². The van der Waals surface area contributed by atoms with E-state index in [0.29, 0.717) is 5.35 Å². The van der Waals surface area contributed by atoms with E-state index in [1.54, 1.807) is 26.1 Å². The fraction of sp³-hybridized carbons (Fsp3) is 0.643. The normalized spacial score (nSPS) is 13.9. The molecule has 1 aromatic rings.